The van der Waals surface area contributed by atoms with Crippen LogP contribution in [0.4, 0.5) is 0 Å². The highest BCUT2D eigenvalue weighted by molar-refractivity contribution is 5.89. The first-order valence-corrected chi connectivity index (χ1v) is 23.2. The topological polar surface area (TPSA) is 61.8 Å². The Hall–Kier alpha value is -1.10. The van der Waals surface area contributed by atoms with Crippen molar-refractivity contribution in [2.45, 2.75) is 263 Å². The van der Waals surface area contributed by atoms with Crippen LogP contribution in [0.15, 0.2) is 0 Å². The lowest BCUT2D eigenvalue weighted by atomic mass is 9.78. The monoisotopic (exact) mass is 719 g/mol. The lowest BCUT2D eigenvalue weighted by Crippen LogP contribution is -2.47. The first-order chi connectivity index (χ1) is 25.1. The number of fused-ring (bicyclic) bond motifs is 2. The Morgan fingerprint density at radius 3 is 1.12 bits per heavy atom. The van der Waals surface area contributed by atoms with Crippen LogP contribution in [-0.2, 0) is 23.8 Å². The maximum atomic E-state index is 13.2. The molecule has 0 radical (unpaired) electrons. The molecule has 0 aromatic rings. The van der Waals surface area contributed by atoms with Gasteiger partial charge in [-0.1, -0.05) is 219 Å². The molecule has 0 aliphatic carbocycles. The first-order valence-electron chi connectivity index (χ1n) is 23.2. The van der Waals surface area contributed by atoms with Gasteiger partial charge in [0, 0.05) is 0 Å². The summed E-state index contributed by atoms with van der Waals surface area (Å²) in [7, 11) is 0. The fourth-order valence-corrected chi connectivity index (χ4v) is 8.46. The number of esters is 2. The molecule has 2 rings (SSSR count). The lowest BCUT2D eigenvalue weighted by Gasteiger charge is -2.29. The van der Waals surface area contributed by atoms with Crippen molar-refractivity contribution in [3.8, 4) is 0 Å². The van der Waals surface area contributed by atoms with Crippen LogP contribution in [-0.4, -0.2) is 36.9 Å². The highest BCUT2D eigenvalue weighted by Crippen LogP contribution is 2.49. The zero-order valence-electron chi connectivity index (χ0n) is 34.3. The number of ether oxygens (including phenoxy) is 3. The van der Waals surface area contributed by atoms with Gasteiger partial charge in [0.1, 0.15) is 0 Å². The number of hydrogen-bond acceptors (Lipinski definition) is 5. The maximum absolute atomic E-state index is 13.2. The van der Waals surface area contributed by atoms with Crippen LogP contribution in [0.25, 0.3) is 0 Å². The van der Waals surface area contributed by atoms with E-state index in [1.54, 1.807) is 0 Å². The zero-order chi connectivity index (χ0) is 36.5. The smallest absolute Gasteiger partial charge is 0.339 e. The molecule has 3 unspecified atom stereocenters. The molecule has 3 atom stereocenters. The number of carbonyl (C=O) groups excluding carboxylic acids is 2. The van der Waals surface area contributed by atoms with E-state index in [2.05, 4.69) is 13.8 Å². The number of unbranched alkanes of at least 4 members (excludes halogenated alkanes) is 32. The minimum Gasteiger partial charge on any atom is -0.465 e. The molecule has 0 aromatic carbocycles. The molecule has 0 saturated carbocycles. The van der Waals surface area contributed by atoms with E-state index in [0.29, 0.717) is 26.1 Å². The average molecular weight is 719 g/mol. The third kappa shape index (κ3) is 22.0. The van der Waals surface area contributed by atoms with Crippen LogP contribution in [0.5, 0.6) is 0 Å². The van der Waals surface area contributed by atoms with E-state index in [1.807, 2.05) is 0 Å². The Bertz CT molecular complexity index is 813. The summed E-state index contributed by atoms with van der Waals surface area (Å²) in [5, 5.41) is 0. The molecule has 2 bridgehead atoms. The second kappa shape index (κ2) is 32.3. The summed E-state index contributed by atoms with van der Waals surface area (Å²) in [6.45, 7) is 5.44. The van der Waals surface area contributed by atoms with Crippen molar-refractivity contribution in [3.63, 3.8) is 0 Å². The summed E-state index contributed by atoms with van der Waals surface area (Å²) in [6.07, 6.45) is 47.2. The van der Waals surface area contributed by atoms with Gasteiger partial charge in [0.2, 0.25) is 0 Å². The molecule has 5 heteroatoms. The van der Waals surface area contributed by atoms with Gasteiger partial charge in [-0.15, -0.1) is 0 Å². The Labute approximate surface area is 317 Å². The summed E-state index contributed by atoms with van der Waals surface area (Å²) in [6, 6.07) is 0. The quantitative estimate of drug-likeness (QED) is 0.0470. The predicted molar refractivity (Wildman–Crippen MR) is 215 cm³/mol. The van der Waals surface area contributed by atoms with Crippen molar-refractivity contribution < 1.29 is 23.8 Å². The zero-order valence-corrected chi connectivity index (χ0v) is 34.3. The molecule has 5 nitrogen and oxygen atoms in total. The second-order valence-corrected chi connectivity index (χ2v) is 16.6. The number of rotatable bonds is 38. The molecule has 51 heavy (non-hydrogen) atoms. The molecule has 2 heterocycles. The van der Waals surface area contributed by atoms with Crippen LogP contribution in [0.3, 0.4) is 0 Å². The molecule has 2 aliphatic heterocycles. The second-order valence-electron chi connectivity index (χ2n) is 16.6. The summed E-state index contributed by atoms with van der Waals surface area (Å²) in [5.74, 6) is -1.10. The van der Waals surface area contributed by atoms with Gasteiger partial charge in [-0.3, -0.25) is 4.79 Å². The summed E-state index contributed by atoms with van der Waals surface area (Å²) in [5.41, 5.74) is -1.11. The summed E-state index contributed by atoms with van der Waals surface area (Å²) in [4.78, 5) is 26.2. The van der Waals surface area contributed by atoms with E-state index >= 15 is 0 Å². The van der Waals surface area contributed by atoms with Gasteiger partial charge >= 0.3 is 11.9 Å². The fraction of sp³-hybridized carbons (Fsp3) is 0.957. The third-order valence-electron chi connectivity index (χ3n) is 11.9. The third-order valence-corrected chi connectivity index (χ3v) is 11.9. The van der Waals surface area contributed by atoms with Gasteiger partial charge in [-0.25, -0.2) is 4.79 Å². The van der Waals surface area contributed by atoms with Crippen LogP contribution >= 0.6 is 0 Å². The highest BCUT2D eigenvalue weighted by atomic mass is 16.6. The number of carbonyl (C=O) groups is 2. The van der Waals surface area contributed by atoms with E-state index in [-0.39, 0.29) is 18.0 Å². The molecule has 0 spiro atoms. The molecule has 2 aliphatic rings. The predicted octanol–water partition coefficient (Wildman–Crippen LogP) is 14.3. The van der Waals surface area contributed by atoms with Gasteiger partial charge in [0.05, 0.1) is 25.2 Å². The van der Waals surface area contributed by atoms with Crippen LogP contribution in [0.1, 0.15) is 251 Å². The molecule has 2 fully saturated rings. The van der Waals surface area contributed by atoms with Gasteiger partial charge < -0.3 is 14.2 Å². The van der Waals surface area contributed by atoms with Crippen molar-refractivity contribution >= 4 is 11.9 Å². The molecule has 0 amide bonds. The number of hydrogen-bond donors (Lipinski definition) is 0. The van der Waals surface area contributed by atoms with Crippen molar-refractivity contribution in [2.24, 2.45) is 5.92 Å². The molecule has 2 saturated heterocycles. The largest absolute Gasteiger partial charge is 0.465 e. The van der Waals surface area contributed by atoms with Crippen LogP contribution < -0.4 is 0 Å². The van der Waals surface area contributed by atoms with Gasteiger partial charge in [0.25, 0.3) is 0 Å². The summed E-state index contributed by atoms with van der Waals surface area (Å²) >= 11 is 0. The summed E-state index contributed by atoms with van der Waals surface area (Å²) < 4.78 is 17.5. The highest BCUT2D eigenvalue weighted by Gasteiger charge is 2.62. The van der Waals surface area contributed by atoms with Crippen LogP contribution in [0, 0.1) is 5.92 Å². The van der Waals surface area contributed by atoms with Crippen molar-refractivity contribution in [3.05, 3.63) is 0 Å². The lowest BCUT2D eigenvalue weighted by molar-refractivity contribution is -0.176. The van der Waals surface area contributed by atoms with Crippen molar-refractivity contribution in [1.29, 1.82) is 0 Å². The van der Waals surface area contributed by atoms with Gasteiger partial charge in [0.15, 0.2) is 5.60 Å². The van der Waals surface area contributed by atoms with E-state index in [1.165, 1.54) is 193 Å². The molecular weight excluding hydrogens is 633 g/mol. The van der Waals surface area contributed by atoms with Crippen molar-refractivity contribution in [1.82, 2.24) is 0 Å². The van der Waals surface area contributed by atoms with Crippen molar-refractivity contribution in [2.75, 3.05) is 13.2 Å². The standard InChI is InChI=1S/C46H86O5/c1-3-5-7-9-11-13-15-17-19-21-23-25-27-29-31-33-35-39-49-44(47)43-41-42-37-38-46(43,51-42)45(48)50-40-36-34-32-30-28-26-24-22-20-18-16-14-12-10-8-6-4-2/h42-43H,3-41H2,1-2H3. The minimum atomic E-state index is -1.11. The Balaban J connectivity index is 1.39. The van der Waals surface area contributed by atoms with Crippen LogP contribution in [0.2, 0.25) is 0 Å². The Kier molecular flexibility index (Phi) is 29.2. The molecule has 0 N–H and O–H groups in total. The molecular formula is C46H86O5. The van der Waals surface area contributed by atoms with E-state index < -0.39 is 11.5 Å². The van der Waals surface area contributed by atoms with Gasteiger partial charge in [-0.2, -0.15) is 0 Å². The Morgan fingerprint density at radius 1 is 0.471 bits per heavy atom. The molecule has 300 valence electrons. The van der Waals surface area contributed by atoms with E-state index in [0.717, 1.165) is 32.1 Å². The average Bonchev–Trinajstić information content (AvgIpc) is 3.74. The maximum Gasteiger partial charge on any atom is 0.339 e. The minimum absolute atomic E-state index is 0.0178. The van der Waals surface area contributed by atoms with E-state index in [9.17, 15) is 9.59 Å². The van der Waals surface area contributed by atoms with Gasteiger partial charge in [-0.05, 0) is 32.1 Å². The molecule has 0 aromatic heterocycles. The normalized spacial score (nSPS) is 19.6. The van der Waals surface area contributed by atoms with E-state index in [4.69, 9.17) is 14.2 Å². The SMILES string of the molecule is CCCCCCCCCCCCCCCCCCCOC(=O)C1CC2CCC1(C(=O)OCCCCCCCCCCCCCCCCCCC)O2. The Morgan fingerprint density at radius 2 is 0.784 bits per heavy atom. The first kappa shape index (κ1) is 46.1. The fourth-order valence-electron chi connectivity index (χ4n) is 8.46.